The Morgan fingerprint density at radius 3 is 2.83 bits per heavy atom. The van der Waals surface area contributed by atoms with Crippen molar-refractivity contribution in [1.82, 2.24) is 25.4 Å². The number of nitrogens with one attached hydrogen (secondary N) is 2. The second-order valence-electron chi connectivity index (χ2n) is 3.87. The van der Waals surface area contributed by atoms with Crippen molar-refractivity contribution in [1.29, 1.82) is 0 Å². The number of hydrogen-bond acceptors (Lipinski definition) is 4. The van der Waals surface area contributed by atoms with E-state index in [4.69, 9.17) is 5.11 Å². The molecular formula is C10H17N5O3. The number of H-pyrrole nitrogens is 1. The van der Waals surface area contributed by atoms with Crippen molar-refractivity contribution in [2.45, 2.75) is 32.9 Å². The Hall–Kier alpha value is -2.12. The Morgan fingerprint density at radius 2 is 2.33 bits per heavy atom. The van der Waals surface area contributed by atoms with E-state index < -0.39 is 12.0 Å². The lowest BCUT2D eigenvalue weighted by Crippen LogP contribution is -2.47. The maximum atomic E-state index is 11.9. The third-order valence-electron chi connectivity index (χ3n) is 2.56. The van der Waals surface area contributed by atoms with Gasteiger partial charge in [0.1, 0.15) is 18.7 Å². The van der Waals surface area contributed by atoms with Crippen molar-refractivity contribution in [2.24, 2.45) is 0 Å². The van der Waals surface area contributed by atoms with Gasteiger partial charge in [-0.25, -0.2) is 9.78 Å². The van der Waals surface area contributed by atoms with Crippen molar-refractivity contribution in [3.8, 4) is 0 Å². The smallest absolute Gasteiger partial charge is 0.323 e. The number of aliphatic carboxylic acids is 1. The van der Waals surface area contributed by atoms with E-state index in [1.54, 1.807) is 6.92 Å². The third kappa shape index (κ3) is 4.04. The Morgan fingerprint density at radius 1 is 1.61 bits per heavy atom. The van der Waals surface area contributed by atoms with Crippen molar-refractivity contribution >= 4 is 12.0 Å². The van der Waals surface area contributed by atoms with Gasteiger partial charge >= 0.3 is 12.0 Å². The van der Waals surface area contributed by atoms with Gasteiger partial charge in [-0.05, 0) is 13.3 Å². The molecule has 1 aromatic heterocycles. The van der Waals surface area contributed by atoms with Gasteiger partial charge in [-0.2, -0.15) is 5.10 Å². The van der Waals surface area contributed by atoms with Crippen LogP contribution >= 0.6 is 0 Å². The molecule has 3 N–H and O–H groups in total. The Kier molecular flexibility index (Phi) is 5.09. The van der Waals surface area contributed by atoms with Crippen LogP contribution in [-0.2, 0) is 11.3 Å². The van der Waals surface area contributed by atoms with Crippen molar-refractivity contribution < 1.29 is 14.7 Å². The number of carbonyl (C=O) groups excluding carboxylic acids is 1. The third-order valence-corrected chi connectivity index (χ3v) is 2.56. The van der Waals surface area contributed by atoms with E-state index in [9.17, 15) is 9.59 Å². The molecule has 8 nitrogen and oxygen atoms in total. The molecule has 0 aliphatic carbocycles. The van der Waals surface area contributed by atoms with Gasteiger partial charge in [-0.15, -0.1) is 0 Å². The van der Waals surface area contributed by atoms with Gasteiger partial charge in [-0.1, -0.05) is 6.92 Å². The summed E-state index contributed by atoms with van der Waals surface area (Å²) < 4.78 is 0. The summed E-state index contributed by atoms with van der Waals surface area (Å²) in [7, 11) is 0. The minimum absolute atomic E-state index is 0.143. The zero-order chi connectivity index (χ0) is 13.5. The highest BCUT2D eigenvalue weighted by molar-refractivity contribution is 5.80. The molecule has 1 aromatic rings. The molecule has 100 valence electrons. The summed E-state index contributed by atoms with van der Waals surface area (Å²) in [6.07, 6.45) is 2.02. The second-order valence-corrected chi connectivity index (χ2v) is 3.87. The highest BCUT2D eigenvalue weighted by Gasteiger charge is 2.21. The molecular weight excluding hydrogens is 238 g/mol. The fraction of sp³-hybridized carbons (Fsp3) is 0.600. The highest BCUT2D eigenvalue weighted by atomic mass is 16.4. The first kappa shape index (κ1) is 13.9. The number of carboxylic acid groups (broad SMARTS) is 1. The van der Waals surface area contributed by atoms with Crippen LogP contribution in [-0.4, -0.2) is 49.8 Å². The van der Waals surface area contributed by atoms with Crippen LogP contribution in [0.4, 0.5) is 4.79 Å². The molecule has 0 aromatic carbocycles. The number of nitrogens with zero attached hydrogens (tertiary/aromatic N) is 3. The van der Waals surface area contributed by atoms with Gasteiger partial charge in [0.05, 0.1) is 6.54 Å². The van der Waals surface area contributed by atoms with E-state index in [0.717, 1.165) is 0 Å². The van der Waals surface area contributed by atoms with Gasteiger partial charge in [0.15, 0.2) is 0 Å². The normalized spacial score (nSPS) is 11.9. The number of carboxylic acids is 1. The van der Waals surface area contributed by atoms with E-state index in [1.807, 2.05) is 6.92 Å². The summed E-state index contributed by atoms with van der Waals surface area (Å²) in [5.74, 6) is -0.520. The molecule has 0 aliphatic heterocycles. The monoisotopic (exact) mass is 255 g/mol. The molecule has 2 amide bonds. The number of aromatic nitrogens is 3. The van der Waals surface area contributed by atoms with Crippen LogP contribution in [0, 0.1) is 0 Å². The summed E-state index contributed by atoms with van der Waals surface area (Å²) in [4.78, 5) is 27.7. The van der Waals surface area contributed by atoms with Crippen LogP contribution in [0.3, 0.4) is 0 Å². The molecule has 1 unspecified atom stereocenters. The van der Waals surface area contributed by atoms with Crippen LogP contribution in [0.15, 0.2) is 6.33 Å². The van der Waals surface area contributed by atoms with E-state index in [2.05, 4.69) is 20.5 Å². The first-order valence-electron chi connectivity index (χ1n) is 5.65. The first-order chi connectivity index (χ1) is 8.54. The Bertz CT molecular complexity index is 392. The van der Waals surface area contributed by atoms with Gasteiger partial charge in [0.2, 0.25) is 0 Å². The number of carbonyl (C=O) groups is 2. The number of hydrogen-bond donors (Lipinski definition) is 3. The number of urea groups is 1. The molecule has 0 radical (unpaired) electrons. The minimum atomic E-state index is -1.04. The predicted octanol–water partition coefficient (Wildman–Crippen LogP) is 0.199. The van der Waals surface area contributed by atoms with Gasteiger partial charge < -0.3 is 15.3 Å². The van der Waals surface area contributed by atoms with Crippen molar-refractivity contribution in [3.63, 3.8) is 0 Å². The fourth-order valence-corrected chi connectivity index (χ4v) is 1.37. The lowest BCUT2D eigenvalue weighted by Gasteiger charge is -2.26. The second kappa shape index (κ2) is 6.58. The minimum Gasteiger partial charge on any atom is -0.480 e. The summed E-state index contributed by atoms with van der Waals surface area (Å²) in [6, 6.07) is -0.570. The molecule has 1 rings (SSSR count). The van der Waals surface area contributed by atoms with Crippen LogP contribution in [0.5, 0.6) is 0 Å². The Balaban J connectivity index is 2.55. The van der Waals surface area contributed by atoms with Crippen LogP contribution in [0.25, 0.3) is 0 Å². The Labute approximate surface area is 104 Å². The average molecular weight is 255 g/mol. The summed E-state index contributed by atoms with van der Waals surface area (Å²) in [5.41, 5.74) is 0. The molecule has 8 heteroatoms. The standard InChI is InChI=1S/C10H17N5O3/c1-3-7(2)15(5-9(16)17)10(18)11-4-8-12-6-13-14-8/h6-7H,3-5H2,1-2H3,(H,11,18)(H,16,17)(H,12,13,14). The lowest BCUT2D eigenvalue weighted by atomic mass is 10.2. The SMILES string of the molecule is CCC(C)N(CC(=O)O)C(=O)NCc1ncn[nH]1. The van der Waals surface area contributed by atoms with Gasteiger partial charge in [0.25, 0.3) is 0 Å². The zero-order valence-electron chi connectivity index (χ0n) is 10.4. The molecule has 0 saturated carbocycles. The van der Waals surface area contributed by atoms with Crippen molar-refractivity contribution in [3.05, 3.63) is 12.2 Å². The van der Waals surface area contributed by atoms with Gasteiger partial charge in [0, 0.05) is 6.04 Å². The van der Waals surface area contributed by atoms with Crippen LogP contribution in [0.1, 0.15) is 26.1 Å². The topological polar surface area (TPSA) is 111 Å². The molecule has 0 bridgehead atoms. The molecule has 1 atom stereocenters. The molecule has 0 spiro atoms. The van der Waals surface area contributed by atoms with E-state index in [1.165, 1.54) is 11.2 Å². The lowest BCUT2D eigenvalue weighted by molar-refractivity contribution is -0.138. The van der Waals surface area contributed by atoms with Crippen molar-refractivity contribution in [2.75, 3.05) is 6.54 Å². The molecule has 18 heavy (non-hydrogen) atoms. The van der Waals surface area contributed by atoms with E-state index >= 15 is 0 Å². The molecule has 0 fully saturated rings. The predicted molar refractivity (Wildman–Crippen MR) is 62.7 cm³/mol. The highest BCUT2D eigenvalue weighted by Crippen LogP contribution is 2.03. The molecule has 1 heterocycles. The number of rotatable bonds is 6. The van der Waals surface area contributed by atoms with E-state index in [-0.39, 0.29) is 19.1 Å². The average Bonchev–Trinajstić information content (AvgIpc) is 2.85. The molecule has 0 aliphatic rings. The summed E-state index contributed by atoms with van der Waals surface area (Å²) in [6.45, 7) is 3.56. The van der Waals surface area contributed by atoms with Crippen LogP contribution in [0.2, 0.25) is 0 Å². The maximum absolute atomic E-state index is 11.9. The summed E-state index contributed by atoms with van der Waals surface area (Å²) >= 11 is 0. The van der Waals surface area contributed by atoms with E-state index in [0.29, 0.717) is 12.2 Å². The largest absolute Gasteiger partial charge is 0.480 e. The molecule has 0 saturated heterocycles. The first-order valence-corrected chi connectivity index (χ1v) is 5.65. The van der Waals surface area contributed by atoms with Gasteiger partial charge in [-0.3, -0.25) is 9.89 Å². The maximum Gasteiger partial charge on any atom is 0.323 e. The fourth-order valence-electron chi connectivity index (χ4n) is 1.37. The number of amides is 2. The quantitative estimate of drug-likeness (QED) is 0.672. The van der Waals surface area contributed by atoms with Crippen LogP contribution < -0.4 is 5.32 Å². The summed E-state index contributed by atoms with van der Waals surface area (Å²) in [5, 5.41) is 17.6. The number of aromatic amines is 1. The zero-order valence-corrected chi connectivity index (χ0v) is 10.4.